The number of rotatable bonds is 3. The van der Waals surface area contributed by atoms with Crippen molar-refractivity contribution in [2.24, 2.45) is 0 Å². The van der Waals surface area contributed by atoms with Crippen LogP contribution in [0.4, 0.5) is 0 Å². The number of likely N-dealkylation sites (tertiary alicyclic amines) is 1. The summed E-state index contributed by atoms with van der Waals surface area (Å²) >= 11 is 1.91. The van der Waals surface area contributed by atoms with Gasteiger partial charge >= 0.3 is 0 Å². The molecule has 1 aliphatic heterocycles. The number of piperidine rings is 1. The minimum atomic E-state index is 0.292. The van der Waals surface area contributed by atoms with E-state index in [-0.39, 0.29) is 0 Å². The molecule has 0 radical (unpaired) electrons. The van der Waals surface area contributed by atoms with Gasteiger partial charge in [-0.2, -0.15) is 0 Å². The molecular weight excluding hydrogens is 216 g/mol. The smallest absolute Gasteiger partial charge is 0.0573 e. The van der Waals surface area contributed by atoms with Crippen LogP contribution in [0.3, 0.4) is 0 Å². The second kappa shape index (κ2) is 4.86. The zero-order chi connectivity index (χ0) is 11.6. The number of nitrogens with zero attached hydrogens (tertiary/aromatic N) is 2. The van der Waals surface area contributed by atoms with Crippen molar-refractivity contribution in [1.82, 2.24) is 9.80 Å². The molecule has 0 unspecified atom stereocenters. The molecule has 1 fully saturated rings. The first kappa shape index (κ1) is 12.1. The fourth-order valence-corrected chi connectivity index (χ4v) is 3.76. The zero-order valence-electron chi connectivity index (χ0n) is 10.6. The molecular formula is C13H22N2S. The summed E-state index contributed by atoms with van der Waals surface area (Å²) in [6, 6.07) is 4.48. The Morgan fingerprint density at radius 2 is 2.06 bits per heavy atom. The summed E-state index contributed by atoms with van der Waals surface area (Å²) in [5.41, 5.74) is 0.292. The topological polar surface area (TPSA) is 6.48 Å². The molecule has 1 saturated heterocycles. The van der Waals surface area contributed by atoms with Gasteiger partial charge in [-0.05, 0) is 44.9 Å². The molecule has 0 saturated carbocycles. The Balaban J connectivity index is 2.19. The van der Waals surface area contributed by atoms with Crippen LogP contribution in [0, 0.1) is 0 Å². The molecule has 2 heterocycles. The molecule has 0 aliphatic carbocycles. The number of thiophene rings is 1. The van der Waals surface area contributed by atoms with Gasteiger partial charge in [-0.3, -0.25) is 4.90 Å². The first-order chi connectivity index (χ1) is 7.69. The van der Waals surface area contributed by atoms with Crippen LogP contribution in [0.15, 0.2) is 17.5 Å². The third-order valence-corrected chi connectivity index (χ3v) is 5.03. The molecule has 2 rings (SSSR count). The van der Waals surface area contributed by atoms with Crippen molar-refractivity contribution in [3.63, 3.8) is 0 Å². The van der Waals surface area contributed by atoms with Gasteiger partial charge in [0, 0.05) is 18.0 Å². The summed E-state index contributed by atoms with van der Waals surface area (Å²) in [7, 11) is 4.45. The lowest BCUT2D eigenvalue weighted by Crippen LogP contribution is -2.49. The summed E-state index contributed by atoms with van der Waals surface area (Å²) in [4.78, 5) is 6.51. The highest BCUT2D eigenvalue weighted by Gasteiger charge is 2.38. The predicted octanol–water partition coefficient (Wildman–Crippen LogP) is 2.62. The molecule has 0 aromatic carbocycles. The van der Waals surface area contributed by atoms with Crippen molar-refractivity contribution in [2.75, 3.05) is 33.7 Å². The molecule has 0 amide bonds. The van der Waals surface area contributed by atoms with Crippen molar-refractivity contribution in [1.29, 1.82) is 0 Å². The van der Waals surface area contributed by atoms with Crippen LogP contribution in [0.2, 0.25) is 0 Å². The minimum absolute atomic E-state index is 0.292. The Hall–Kier alpha value is -0.380. The van der Waals surface area contributed by atoms with Gasteiger partial charge in [-0.1, -0.05) is 13.0 Å². The number of hydrogen-bond acceptors (Lipinski definition) is 3. The van der Waals surface area contributed by atoms with Gasteiger partial charge in [0.05, 0.1) is 5.54 Å². The van der Waals surface area contributed by atoms with E-state index < -0.39 is 0 Å². The molecule has 1 aromatic heterocycles. The molecule has 2 nitrogen and oxygen atoms in total. The Bertz CT molecular complexity index is 311. The lowest BCUT2D eigenvalue weighted by Gasteiger charge is -2.45. The summed E-state index contributed by atoms with van der Waals surface area (Å²) in [6.07, 6.45) is 2.52. The molecule has 16 heavy (non-hydrogen) atoms. The highest BCUT2D eigenvalue weighted by atomic mass is 32.1. The van der Waals surface area contributed by atoms with E-state index in [9.17, 15) is 0 Å². The fraction of sp³-hybridized carbons (Fsp3) is 0.692. The standard InChI is InChI=1S/C13H22N2S/c1-4-15-9-7-13(8-10-15,14(2)3)12-6-5-11-16-12/h5-6,11H,4,7-10H2,1-3H3. The highest BCUT2D eigenvalue weighted by molar-refractivity contribution is 7.10. The van der Waals surface area contributed by atoms with Crippen molar-refractivity contribution >= 4 is 11.3 Å². The molecule has 0 bridgehead atoms. The summed E-state index contributed by atoms with van der Waals surface area (Å²) in [5.74, 6) is 0. The normalized spacial score (nSPS) is 21.5. The largest absolute Gasteiger partial charge is 0.303 e. The average molecular weight is 238 g/mol. The maximum Gasteiger partial charge on any atom is 0.0573 e. The molecule has 1 aromatic rings. The summed E-state index contributed by atoms with van der Waals surface area (Å²) in [5, 5.41) is 2.20. The second-order valence-corrected chi connectivity index (χ2v) is 5.79. The summed E-state index contributed by atoms with van der Waals surface area (Å²) in [6.45, 7) is 5.90. The van der Waals surface area contributed by atoms with Crippen molar-refractivity contribution in [3.05, 3.63) is 22.4 Å². The van der Waals surface area contributed by atoms with E-state index in [0.717, 1.165) is 0 Å². The van der Waals surface area contributed by atoms with Gasteiger partial charge < -0.3 is 4.90 Å². The Labute approximate surface area is 103 Å². The van der Waals surface area contributed by atoms with Crippen molar-refractivity contribution in [2.45, 2.75) is 25.3 Å². The SMILES string of the molecule is CCN1CCC(c2cccs2)(N(C)C)CC1. The first-order valence-electron chi connectivity index (χ1n) is 6.13. The minimum Gasteiger partial charge on any atom is -0.303 e. The van der Waals surface area contributed by atoms with Crippen LogP contribution in [0.25, 0.3) is 0 Å². The Morgan fingerprint density at radius 3 is 2.50 bits per heavy atom. The van der Waals surface area contributed by atoms with E-state index in [2.05, 4.69) is 48.3 Å². The van der Waals surface area contributed by atoms with Crippen LogP contribution in [-0.2, 0) is 5.54 Å². The van der Waals surface area contributed by atoms with E-state index in [1.165, 1.54) is 37.4 Å². The van der Waals surface area contributed by atoms with Gasteiger partial charge in [0.15, 0.2) is 0 Å². The molecule has 0 N–H and O–H groups in total. The molecule has 0 atom stereocenters. The van der Waals surface area contributed by atoms with Gasteiger partial charge in [-0.15, -0.1) is 11.3 Å². The first-order valence-corrected chi connectivity index (χ1v) is 7.01. The van der Waals surface area contributed by atoms with Crippen LogP contribution < -0.4 is 0 Å². The van der Waals surface area contributed by atoms with Gasteiger partial charge in [0.25, 0.3) is 0 Å². The molecule has 1 aliphatic rings. The van der Waals surface area contributed by atoms with E-state index in [1.54, 1.807) is 0 Å². The van der Waals surface area contributed by atoms with E-state index in [0.29, 0.717) is 5.54 Å². The maximum absolute atomic E-state index is 2.55. The lowest BCUT2D eigenvalue weighted by molar-refractivity contribution is 0.0590. The highest BCUT2D eigenvalue weighted by Crippen LogP contribution is 2.39. The number of hydrogen-bond donors (Lipinski definition) is 0. The molecule has 90 valence electrons. The van der Waals surface area contributed by atoms with Crippen LogP contribution >= 0.6 is 11.3 Å². The zero-order valence-corrected chi connectivity index (χ0v) is 11.4. The van der Waals surface area contributed by atoms with E-state index in [1.807, 2.05) is 11.3 Å². The monoisotopic (exact) mass is 238 g/mol. The van der Waals surface area contributed by atoms with Crippen LogP contribution in [0.1, 0.15) is 24.6 Å². The van der Waals surface area contributed by atoms with Crippen LogP contribution in [-0.4, -0.2) is 43.5 Å². The van der Waals surface area contributed by atoms with Crippen molar-refractivity contribution < 1.29 is 0 Å². The Kier molecular flexibility index (Phi) is 3.67. The van der Waals surface area contributed by atoms with Gasteiger partial charge in [-0.25, -0.2) is 0 Å². The fourth-order valence-electron chi connectivity index (χ4n) is 2.70. The second-order valence-electron chi connectivity index (χ2n) is 4.84. The third-order valence-electron chi connectivity index (χ3n) is 3.97. The van der Waals surface area contributed by atoms with E-state index >= 15 is 0 Å². The predicted molar refractivity (Wildman–Crippen MR) is 71.0 cm³/mol. The maximum atomic E-state index is 2.55. The Morgan fingerprint density at radius 1 is 1.38 bits per heavy atom. The van der Waals surface area contributed by atoms with Gasteiger partial charge in [0.1, 0.15) is 0 Å². The lowest BCUT2D eigenvalue weighted by atomic mass is 9.85. The van der Waals surface area contributed by atoms with Crippen molar-refractivity contribution in [3.8, 4) is 0 Å². The molecule has 3 heteroatoms. The third kappa shape index (κ3) is 2.04. The quantitative estimate of drug-likeness (QED) is 0.799. The molecule has 0 spiro atoms. The van der Waals surface area contributed by atoms with Gasteiger partial charge in [0.2, 0.25) is 0 Å². The summed E-state index contributed by atoms with van der Waals surface area (Å²) < 4.78 is 0. The van der Waals surface area contributed by atoms with Crippen LogP contribution in [0.5, 0.6) is 0 Å². The average Bonchev–Trinajstić information content (AvgIpc) is 2.82. The van der Waals surface area contributed by atoms with E-state index in [4.69, 9.17) is 0 Å².